The molecule has 28 heavy (non-hydrogen) atoms. The highest BCUT2D eigenvalue weighted by Gasteiger charge is 2.41. The molecule has 2 saturated heterocycles. The van der Waals surface area contributed by atoms with Crippen LogP contribution in [0.3, 0.4) is 0 Å². The van der Waals surface area contributed by atoms with Crippen molar-refractivity contribution in [3.8, 4) is 5.75 Å². The molecule has 2 fully saturated rings. The molecule has 0 bridgehead atoms. The lowest BCUT2D eigenvalue weighted by atomic mass is 9.74. The predicted molar refractivity (Wildman–Crippen MR) is 105 cm³/mol. The number of aliphatic hydroxyl groups is 3. The van der Waals surface area contributed by atoms with Crippen LogP contribution >= 0.6 is 0 Å². The van der Waals surface area contributed by atoms with Gasteiger partial charge in [-0.1, -0.05) is 19.1 Å². The highest BCUT2D eigenvalue weighted by atomic mass is 16.7. The molecule has 156 valence electrons. The number of nitrogens with zero attached hydrogens (tertiary/aromatic N) is 1. The Morgan fingerprint density at radius 1 is 1.18 bits per heavy atom. The maximum absolute atomic E-state index is 10.3. The Kier molecular flexibility index (Phi) is 5.95. The number of hydrogen-bond acceptors (Lipinski definition) is 6. The van der Waals surface area contributed by atoms with Gasteiger partial charge in [-0.05, 0) is 74.7 Å². The van der Waals surface area contributed by atoms with Gasteiger partial charge in [0, 0.05) is 6.04 Å². The summed E-state index contributed by atoms with van der Waals surface area (Å²) in [6.45, 7) is 6.56. The summed E-state index contributed by atoms with van der Waals surface area (Å²) in [5.74, 6) is 1.40. The second-order valence-corrected chi connectivity index (χ2v) is 8.63. The summed E-state index contributed by atoms with van der Waals surface area (Å²) in [6, 6.07) is 4.89. The number of benzene rings is 1. The molecule has 0 unspecified atom stereocenters. The van der Waals surface area contributed by atoms with Crippen LogP contribution in [0.2, 0.25) is 0 Å². The Labute approximate surface area is 167 Å². The molecule has 3 aliphatic rings. The van der Waals surface area contributed by atoms with Gasteiger partial charge in [0.05, 0.1) is 6.61 Å². The summed E-state index contributed by atoms with van der Waals surface area (Å²) < 4.78 is 11.6. The number of likely N-dealkylation sites (tertiary alicyclic amines) is 1. The Morgan fingerprint density at radius 3 is 2.79 bits per heavy atom. The minimum absolute atomic E-state index is 0.0480. The third-order valence-electron chi connectivity index (χ3n) is 6.68. The van der Waals surface area contributed by atoms with Crippen molar-refractivity contribution < 1.29 is 24.8 Å². The van der Waals surface area contributed by atoms with E-state index in [1.807, 2.05) is 6.92 Å². The maximum atomic E-state index is 10.3. The molecule has 0 amide bonds. The minimum atomic E-state index is -1.27. The van der Waals surface area contributed by atoms with Crippen LogP contribution in [0, 0.1) is 12.8 Å². The quantitative estimate of drug-likeness (QED) is 0.720. The van der Waals surface area contributed by atoms with Crippen molar-refractivity contribution in [2.75, 3.05) is 19.7 Å². The molecule has 0 radical (unpaired) electrons. The number of ether oxygens (including phenoxy) is 2. The molecule has 1 aromatic rings. The molecule has 6 nitrogen and oxygen atoms in total. The molecule has 0 spiro atoms. The molecule has 1 aliphatic carbocycles. The molecule has 6 heteroatoms. The van der Waals surface area contributed by atoms with Gasteiger partial charge >= 0.3 is 0 Å². The first-order valence-corrected chi connectivity index (χ1v) is 10.7. The lowest BCUT2D eigenvalue weighted by molar-refractivity contribution is -0.242. The first kappa shape index (κ1) is 20.1. The van der Waals surface area contributed by atoms with Crippen molar-refractivity contribution in [1.82, 2.24) is 4.90 Å². The summed E-state index contributed by atoms with van der Waals surface area (Å²) in [5.41, 5.74) is 3.54. The van der Waals surface area contributed by atoms with Crippen LogP contribution in [0.25, 0.3) is 0 Å². The van der Waals surface area contributed by atoms with Crippen molar-refractivity contribution in [2.45, 2.75) is 76.6 Å². The number of rotatable bonds is 4. The summed E-state index contributed by atoms with van der Waals surface area (Å²) >= 11 is 0. The zero-order valence-electron chi connectivity index (χ0n) is 16.9. The van der Waals surface area contributed by atoms with Crippen molar-refractivity contribution >= 4 is 0 Å². The van der Waals surface area contributed by atoms with Crippen molar-refractivity contribution in [1.29, 1.82) is 0 Å². The zero-order valence-corrected chi connectivity index (χ0v) is 16.9. The highest BCUT2D eigenvalue weighted by molar-refractivity contribution is 5.48. The fraction of sp³-hybridized carbons (Fsp3) is 0.727. The van der Waals surface area contributed by atoms with E-state index in [0.717, 1.165) is 30.7 Å². The molecule has 1 aromatic carbocycles. The average molecular weight is 392 g/mol. The normalized spacial score (nSPS) is 35.9. The number of hydrogen-bond donors (Lipinski definition) is 3. The Morgan fingerprint density at radius 2 is 2.00 bits per heavy atom. The van der Waals surface area contributed by atoms with Gasteiger partial charge in [0.25, 0.3) is 0 Å². The van der Waals surface area contributed by atoms with E-state index >= 15 is 0 Å². The fourth-order valence-corrected chi connectivity index (χ4v) is 5.16. The van der Waals surface area contributed by atoms with Gasteiger partial charge in [-0.15, -0.1) is 0 Å². The number of aryl methyl sites for hydroxylation is 1. The molecule has 2 heterocycles. The van der Waals surface area contributed by atoms with E-state index in [1.54, 1.807) is 0 Å². The van der Waals surface area contributed by atoms with E-state index in [9.17, 15) is 15.3 Å². The van der Waals surface area contributed by atoms with Gasteiger partial charge in [0.15, 0.2) is 0 Å². The van der Waals surface area contributed by atoms with Gasteiger partial charge in [0.2, 0.25) is 6.29 Å². The number of aliphatic hydroxyl groups excluding tert-OH is 3. The standard InChI is InChI=1S/C22H33NO5/c1-3-8-23-9-4-5-15-10-16-14(11-17(15)23)7-6-13(2)21(16)28-22-20(26)19(25)18(24)12-27-22/h6-7,15,17-20,22,24-26H,3-5,8-12H2,1-2H3/t15-,17-,18-,19+,20-,22+/m1/s1. The zero-order chi connectivity index (χ0) is 19.8. The van der Waals surface area contributed by atoms with Gasteiger partial charge in [-0.2, -0.15) is 0 Å². The second kappa shape index (κ2) is 8.28. The topological polar surface area (TPSA) is 82.4 Å². The van der Waals surface area contributed by atoms with E-state index < -0.39 is 24.6 Å². The lowest BCUT2D eigenvalue weighted by Gasteiger charge is -2.45. The van der Waals surface area contributed by atoms with Crippen molar-refractivity contribution in [3.63, 3.8) is 0 Å². The average Bonchev–Trinajstić information content (AvgIpc) is 2.69. The summed E-state index contributed by atoms with van der Waals surface area (Å²) in [7, 11) is 0. The molecule has 2 aliphatic heterocycles. The Hall–Kier alpha value is -1.18. The van der Waals surface area contributed by atoms with Gasteiger partial charge < -0.3 is 24.8 Å². The molecule has 6 atom stereocenters. The molecular formula is C22H33NO5. The van der Waals surface area contributed by atoms with Crippen molar-refractivity contribution in [3.05, 3.63) is 28.8 Å². The monoisotopic (exact) mass is 391 g/mol. The Balaban J connectivity index is 1.59. The number of fused-ring (bicyclic) bond motifs is 2. The lowest BCUT2D eigenvalue weighted by Crippen LogP contribution is -2.55. The van der Waals surface area contributed by atoms with Crippen LogP contribution in [-0.4, -0.2) is 70.6 Å². The molecule has 0 aromatic heterocycles. The van der Waals surface area contributed by atoms with Crippen LogP contribution in [0.1, 0.15) is 42.9 Å². The van der Waals surface area contributed by atoms with Crippen LogP contribution in [0.4, 0.5) is 0 Å². The smallest absolute Gasteiger partial charge is 0.228 e. The molecule has 0 saturated carbocycles. The highest BCUT2D eigenvalue weighted by Crippen LogP contribution is 2.40. The largest absolute Gasteiger partial charge is 0.461 e. The first-order chi connectivity index (χ1) is 13.5. The fourth-order valence-electron chi connectivity index (χ4n) is 5.16. The van der Waals surface area contributed by atoms with E-state index in [-0.39, 0.29) is 6.61 Å². The first-order valence-electron chi connectivity index (χ1n) is 10.7. The van der Waals surface area contributed by atoms with Gasteiger partial charge in [-0.25, -0.2) is 0 Å². The molecular weight excluding hydrogens is 358 g/mol. The van der Waals surface area contributed by atoms with Gasteiger partial charge in [0.1, 0.15) is 24.1 Å². The summed E-state index contributed by atoms with van der Waals surface area (Å²) in [5, 5.41) is 29.9. The third kappa shape index (κ3) is 3.68. The van der Waals surface area contributed by atoms with Crippen LogP contribution in [0.15, 0.2) is 12.1 Å². The molecule has 3 N–H and O–H groups in total. The minimum Gasteiger partial charge on any atom is -0.461 e. The van der Waals surface area contributed by atoms with Crippen LogP contribution in [0.5, 0.6) is 5.75 Å². The van der Waals surface area contributed by atoms with Gasteiger partial charge in [-0.3, -0.25) is 4.90 Å². The predicted octanol–water partition coefficient (Wildman–Crippen LogP) is 1.40. The van der Waals surface area contributed by atoms with E-state index in [1.165, 1.54) is 36.9 Å². The number of piperidine rings is 1. The van der Waals surface area contributed by atoms with Crippen LogP contribution < -0.4 is 4.74 Å². The SMILES string of the molecule is CCCN1CCC[C@@H]2Cc3c(ccc(C)c3O[C@@H]3OC[C@@H](O)[C@H](O)[C@H]3O)C[C@H]21. The summed E-state index contributed by atoms with van der Waals surface area (Å²) in [4.78, 5) is 2.66. The third-order valence-corrected chi connectivity index (χ3v) is 6.68. The van der Waals surface area contributed by atoms with Crippen LogP contribution in [-0.2, 0) is 17.6 Å². The summed E-state index contributed by atoms with van der Waals surface area (Å²) in [6.07, 6.45) is 1.09. The maximum Gasteiger partial charge on any atom is 0.228 e. The second-order valence-electron chi connectivity index (χ2n) is 8.63. The van der Waals surface area contributed by atoms with E-state index in [4.69, 9.17) is 9.47 Å². The van der Waals surface area contributed by atoms with E-state index in [2.05, 4.69) is 24.0 Å². The molecule has 4 rings (SSSR count). The van der Waals surface area contributed by atoms with Crippen molar-refractivity contribution in [2.24, 2.45) is 5.92 Å². The Bertz CT molecular complexity index is 694. The van der Waals surface area contributed by atoms with E-state index in [0.29, 0.717) is 12.0 Å².